The van der Waals surface area contributed by atoms with Gasteiger partial charge in [-0.3, -0.25) is 9.59 Å². The molecule has 0 unspecified atom stereocenters. The average molecular weight is 324 g/mol. The highest BCUT2D eigenvalue weighted by Crippen LogP contribution is 2.13. The normalized spacial score (nSPS) is 12.1. The zero-order valence-electron chi connectivity index (χ0n) is 14.1. The van der Waals surface area contributed by atoms with E-state index in [2.05, 4.69) is 5.32 Å². The molecule has 0 saturated heterocycles. The van der Waals surface area contributed by atoms with Crippen molar-refractivity contribution < 1.29 is 18.7 Å². The number of ether oxygens (including phenoxy) is 1. The summed E-state index contributed by atoms with van der Waals surface area (Å²) in [6, 6.07) is 5.30. The molecule has 0 heterocycles. The number of hydrogen-bond acceptors (Lipinski definition) is 3. The maximum absolute atomic E-state index is 13.0. The fraction of sp³-hybridized carbons (Fsp3) is 0.529. The molecular weight excluding hydrogens is 299 g/mol. The molecule has 0 aliphatic rings. The first-order chi connectivity index (χ1) is 10.9. The lowest BCUT2D eigenvalue weighted by atomic mass is 10.1. The highest BCUT2D eigenvalue weighted by atomic mass is 19.1. The van der Waals surface area contributed by atoms with Crippen molar-refractivity contribution in [1.82, 2.24) is 10.2 Å². The van der Waals surface area contributed by atoms with Gasteiger partial charge in [0.2, 0.25) is 11.8 Å². The summed E-state index contributed by atoms with van der Waals surface area (Å²) in [6.45, 7) is 6.32. The molecule has 1 atom stereocenters. The van der Waals surface area contributed by atoms with E-state index < -0.39 is 6.04 Å². The molecule has 2 amide bonds. The van der Waals surface area contributed by atoms with E-state index in [0.29, 0.717) is 13.2 Å². The molecule has 1 aromatic carbocycles. The van der Waals surface area contributed by atoms with Gasteiger partial charge in [0.05, 0.1) is 6.61 Å². The van der Waals surface area contributed by atoms with Crippen LogP contribution in [-0.4, -0.2) is 43.0 Å². The Morgan fingerprint density at radius 3 is 2.35 bits per heavy atom. The minimum Gasteiger partial charge on any atom is -0.383 e. The molecule has 0 radical (unpaired) electrons. The summed E-state index contributed by atoms with van der Waals surface area (Å²) in [5.74, 6) is -0.924. The lowest BCUT2D eigenvalue weighted by molar-refractivity contribution is -0.143. The number of halogens is 1. The number of hydrogen-bond donors (Lipinski definition) is 1. The largest absolute Gasteiger partial charge is 0.383 e. The molecule has 0 fully saturated rings. The quantitative estimate of drug-likeness (QED) is 0.744. The summed E-state index contributed by atoms with van der Waals surface area (Å²) >= 11 is 0. The molecular formula is C17H25FN2O3. The Balaban J connectivity index is 2.84. The van der Waals surface area contributed by atoms with E-state index in [1.807, 2.05) is 0 Å². The van der Waals surface area contributed by atoms with Crippen molar-refractivity contribution in [2.45, 2.75) is 33.4 Å². The van der Waals surface area contributed by atoms with Crippen molar-refractivity contribution in [3.05, 3.63) is 35.6 Å². The van der Waals surface area contributed by atoms with Gasteiger partial charge in [-0.15, -0.1) is 0 Å². The zero-order valence-corrected chi connectivity index (χ0v) is 14.1. The highest BCUT2D eigenvalue weighted by Gasteiger charge is 2.27. The molecule has 0 spiro atoms. The van der Waals surface area contributed by atoms with Crippen molar-refractivity contribution >= 4 is 11.8 Å². The van der Waals surface area contributed by atoms with Crippen LogP contribution in [0.4, 0.5) is 4.39 Å². The molecule has 0 bridgehead atoms. The first-order valence-corrected chi connectivity index (χ1v) is 7.68. The third kappa shape index (κ3) is 5.98. The highest BCUT2D eigenvalue weighted by molar-refractivity contribution is 5.88. The average Bonchev–Trinajstić information content (AvgIpc) is 2.53. The molecule has 23 heavy (non-hydrogen) atoms. The number of rotatable bonds is 8. The Hall–Kier alpha value is -1.95. The SMILES string of the molecule is COCCNC(=O)[C@H](C)N(Cc1ccc(F)cc1)C(=O)C(C)C. The van der Waals surface area contributed by atoms with Crippen molar-refractivity contribution in [1.29, 1.82) is 0 Å². The first kappa shape index (κ1) is 19.1. The van der Waals surface area contributed by atoms with Crippen LogP contribution in [0, 0.1) is 11.7 Å². The van der Waals surface area contributed by atoms with Crippen LogP contribution in [0.1, 0.15) is 26.3 Å². The summed E-state index contributed by atoms with van der Waals surface area (Å²) < 4.78 is 17.9. The maximum atomic E-state index is 13.0. The summed E-state index contributed by atoms with van der Waals surface area (Å²) in [5, 5.41) is 2.73. The lowest BCUT2D eigenvalue weighted by Gasteiger charge is -2.30. The van der Waals surface area contributed by atoms with E-state index in [0.717, 1.165) is 5.56 Å². The van der Waals surface area contributed by atoms with E-state index in [1.165, 1.54) is 17.0 Å². The van der Waals surface area contributed by atoms with Crippen LogP contribution < -0.4 is 5.32 Å². The monoisotopic (exact) mass is 324 g/mol. The van der Waals surface area contributed by atoms with E-state index in [4.69, 9.17) is 4.74 Å². The molecule has 5 nitrogen and oxygen atoms in total. The molecule has 1 N–H and O–H groups in total. The number of carbonyl (C=O) groups excluding carboxylic acids is 2. The number of methoxy groups -OCH3 is 1. The summed E-state index contributed by atoms with van der Waals surface area (Å²) in [7, 11) is 1.55. The zero-order chi connectivity index (χ0) is 17.4. The Bertz CT molecular complexity index is 517. The van der Waals surface area contributed by atoms with Gasteiger partial charge >= 0.3 is 0 Å². The van der Waals surface area contributed by atoms with Crippen molar-refractivity contribution in [2.24, 2.45) is 5.92 Å². The number of amides is 2. The lowest BCUT2D eigenvalue weighted by Crippen LogP contribution is -2.49. The molecule has 0 aliphatic heterocycles. The van der Waals surface area contributed by atoms with Crippen LogP contribution >= 0.6 is 0 Å². The smallest absolute Gasteiger partial charge is 0.242 e. The van der Waals surface area contributed by atoms with Gasteiger partial charge in [0.25, 0.3) is 0 Å². The number of nitrogens with zero attached hydrogens (tertiary/aromatic N) is 1. The van der Waals surface area contributed by atoms with E-state index in [9.17, 15) is 14.0 Å². The predicted octanol–water partition coefficient (Wildman–Crippen LogP) is 1.96. The number of nitrogens with one attached hydrogen (secondary N) is 1. The molecule has 128 valence electrons. The van der Waals surface area contributed by atoms with E-state index in [-0.39, 0.29) is 30.1 Å². The second-order valence-corrected chi connectivity index (χ2v) is 5.71. The Morgan fingerprint density at radius 2 is 1.83 bits per heavy atom. The third-order valence-corrected chi connectivity index (χ3v) is 3.50. The fourth-order valence-corrected chi connectivity index (χ4v) is 2.09. The third-order valence-electron chi connectivity index (χ3n) is 3.50. The van der Waals surface area contributed by atoms with Crippen LogP contribution in [0.2, 0.25) is 0 Å². The second kappa shape index (κ2) is 9.25. The van der Waals surface area contributed by atoms with Crippen LogP contribution in [0.15, 0.2) is 24.3 Å². The number of benzene rings is 1. The first-order valence-electron chi connectivity index (χ1n) is 7.68. The Kier molecular flexibility index (Phi) is 7.68. The van der Waals surface area contributed by atoms with Crippen LogP contribution in [0.5, 0.6) is 0 Å². The Labute approximate surface area is 136 Å². The maximum Gasteiger partial charge on any atom is 0.242 e. The molecule has 1 rings (SSSR count). The van der Waals surface area contributed by atoms with Gasteiger partial charge in [0.1, 0.15) is 11.9 Å². The molecule has 0 saturated carbocycles. The van der Waals surface area contributed by atoms with Gasteiger partial charge in [0.15, 0.2) is 0 Å². The number of carbonyl (C=O) groups is 2. The standard InChI is InChI=1S/C17H25FN2O3/c1-12(2)17(22)20(11-14-5-7-15(18)8-6-14)13(3)16(21)19-9-10-23-4/h5-8,12-13H,9-11H2,1-4H3,(H,19,21)/t13-/m0/s1. The Morgan fingerprint density at radius 1 is 1.22 bits per heavy atom. The van der Waals surface area contributed by atoms with Gasteiger partial charge in [-0.05, 0) is 24.6 Å². The minimum absolute atomic E-state index is 0.122. The van der Waals surface area contributed by atoms with Crippen molar-refractivity contribution in [3.8, 4) is 0 Å². The molecule has 0 aliphatic carbocycles. The van der Waals surface area contributed by atoms with Crippen molar-refractivity contribution in [3.63, 3.8) is 0 Å². The van der Waals surface area contributed by atoms with Gasteiger partial charge < -0.3 is 15.0 Å². The summed E-state index contributed by atoms with van der Waals surface area (Å²) in [5.41, 5.74) is 0.775. The van der Waals surface area contributed by atoms with Gasteiger partial charge in [0, 0.05) is 26.1 Å². The van der Waals surface area contributed by atoms with Gasteiger partial charge in [-0.1, -0.05) is 26.0 Å². The van der Waals surface area contributed by atoms with Crippen molar-refractivity contribution in [2.75, 3.05) is 20.3 Å². The van der Waals surface area contributed by atoms with Gasteiger partial charge in [-0.25, -0.2) is 4.39 Å². The summed E-state index contributed by atoms with van der Waals surface area (Å²) in [4.78, 5) is 26.2. The second-order valence-electron chi connectivity index (χ2n) is 5.71. The van der Waals surface area contributed by atoms with E-state index in [1.54, 1.807) is 40.0 Å². The van der Waals surface area contributed by atoms with Crippen LogP contribution in [0.25, 0.3) is 0 Å². The molecule has 0 aromatic heterocycles. The van der Waals surface area contributed by atoms with Gasteiger partial charge in [-0.2, -0.15) is 0 Å². The van der Waals surface area contributed by atoms with Crippen LogP contribution in [-0.2, 0) is 20.9 Å². The topological polar surface area (TPSA) is 58.6 Å². The van der Waals surface area contributed by atoms with E-state index >= 15 is 0 Å². The molecule has 1 aromatic rings. The summed E-state index contributed by atoms with van der Waals surface area (Å²) in [6.07, 6.45) is 0. The molecule has 6 heteroatoms. The minimum atomic E-state index is -0.619. The fourth-order valence-electron chi connectivity index (χ4n) is 2.09. The van der Waals surface area contributed by atoms with Crippen LogP contribution in [0.3, 0.4) is 0 Å². The predicted molar refractivity (Wildman–Crippen MR) is 86.1 cm³/mol.